The molecular formula is C13H15BrClNO3S. The Bertz CT molecular complexity index is 627. The van der Waals surface area contributed by atoms with Gasteiger partial charge in [0.2, 0.25) is 0 Å². The van der Waals surface area contributed by atoms with E-state index in [4.69, 9.17) is 10.7 Å². The number of nitrogens with zero attached hydrogens (tertiary/aromatic N) is 1. The number of hydrogen-bond donors (Lipinski definition) is 0. The van der Waals surface area contributed by atoms with Crippen LogP contribution in [0.15, 0.2) is 27.6 Å². The Morgan fingerprint density at radius 2 is 1.95 bits per heavy atom. The maximum absolute atomic E-state index is 12.4. The fourth-order valence-electron chi connectivity index (χ4n) is 2.48. The molecule has 2 rings (SSSR count). The van der Waals surface area contributed by atoms with Crippen LogP contribution < -0.4 is 0 Å². The summed E-state index contributed by atoms with van der Waals surface area (Å²) in [5.41, 5.74) is 0.335. The monoisotopic (exact) mass is 379 g/mol. The second-order valence-corrected chi connectivity index (χ2v) is 8.33. The molecule has 1 aliphatic carbocycles. The SMILES string of the molecule is CN(C(=O)c1ccc(Br)c(S(=O)(=O)Cl)c1)C1CCCC1. The summed E-state index contributed by atoms with van der Waals surface area (Å²) in [6.07, 6.45) is 4.26. The number of carbonyl (C=O) groups excluding carboxylic acids is 1. The molecule has 0 N–H and O–H groups in total. The van der Waals surface area contributed by atoms with E-state index in [1.807, 2.05) is 0 Å². The number of halogens is 2. The number of amides is 1. The molecule has 1 fully saturated rings. The molecule has 20 heavy (non-hydrogen) atoms. The maximum Gasteiger partial charge on any atom is 0.262 e. The first kappa shape index (κ1) is 15.8. The van der Waals surface area contributed by atoms with Gasteiger partial charge in [-0.15, -0.1) is 0 Å². The van der Waals surface area contributed by atoms with Gasteiger partial charge in [0.05, 0.1) is 4.90 Å². The van der Waals surface area contributed by atoms with Crippen LogP contribution in [0.5, 0.6) is 0 Å². The molecule has 110 valence electrons. The molecule has 0 heterocycles. The highest BCUT2D eigenvalue weighted by Crippen LogP contribution is 2.28. The average molecular weight is 381 g/mol. The lowest BCUT2D eigenvalue weighted by Crippen LogP contribution is -2.35. The highest BCUT2D eigenvalue weighted by atomic mass is 79.9. The summed E-state index contributed by atoms with van der Waals surface area (Å²) in [7, 11) is 3.24. The minimum Gasteiger partial charge on any atom is -0.339 e. The van der Waals surface area contributed by atoms with Crippen molar-refractivity contribution < 1.29 is 13.2 Å². The average Bonchev–Trinajstić information content (AvgIpc) is 2.90. The van der Waals surface area contributed by atoms with E-state index in [2.05, 4.69) is 15.9 Å². The highest BCUT2D eigenvalue weighted by molar-refractivity contribution is 9.10. The van der Waals surface area contributed by atoms with Crippen LogP contribution in [0.3, 0.4) is 0 Å². The van der Waals surface area contributed by atoms with Crippen LogP contribution in [0.4, 0.5) is 0 Å². The van der Waals surface area contributed by atoms with Gasteiger partial charge in [-0.1, -0.05) is 12.8 Å². The summed E-state index contributed by atoms with van der Waals surface area (Å²) in [5.74, 6) is -0.175. The quantitative estimate of drug-likeness (QED) is 0.755. The standard InChI is InChI=1S/C13H15BrClNO3S/c1-16(10-4-2-3-5-10)13(17)9-6-7-11(14)12(8-9)20(15,18)19/h6-8,10H,2-5H2,1H3. The van der Waals surface area contributed by atoms with Crippen molar-refractivity contribution in [1.29, 1.82) is 0 Å². The Morgan fingerprint density at radius 3 is 2.50 bits per heavy atom. The van der Waals surface area contributed by atoms with Gasteiger partial charge < -0.3 is 4.90 Å². The third kappa shape index (κ3) is 3.35. The van der Waals surface area contributed by atoms with Gasteiger partial charge in [-0.25, -0.2) is 8.42 Å². The lowest BCUT2D eigenvalue weighted by Gasteiger charge is -2.24. The zero-order valence-electron chi connectivity index (χ0n) is 11.0. The normalized spacial score (nSPS) is 16.4. The second kappa shape index (κ2) is 6.03. The van der Waals surface area contributed by atoms with Crippen molar-refractivity contribution in [2.24, 2.45) is 0 Å². The fraction of sp³-hybridized carbons (Fsp3) is 0.462. The minimum atomic E-state index is -3.88. The largest absolute Gasteiger partial charge is 0.339 e. The van der Waals surface area contributed by atoms with Crippen LogP contribution >= 0.6 is 26.6 Å². The predicted molar refractivity (Wildman–Crippen MR) is 81.5 cm³/mol. The van der Waals surface area contributed by atoms with E-state index in [1.165, 1.54) is 12.1 Å². The number of hydrogen-bond acceptors (Lipinski definition) is 3. The van der Waals surface area contributed by atoms with Gasteiger partial charge in [-0.3, -0.25) is 4.79 Å². The van der Waals surface area contributed by atoms with Crippen LogP contribution in [0.25, 0.3) is 0 Å². The van der Waals surface area contributed by atoms with Crippen LogP contribution in [0.1, 0.15) is 36.0 Å². The Labute approximate surface area is 131 Å². The molecular weight excluding hydrogens is 366 g/mol. The molecule has 1 amide bonds. The van der Waals surface area contributed by atoms with Crippen LogP contribution in [-0.4, -0.2) is 32.3 Å². The molecule has 0 aromatic heterocycles. The molecule has 0 radical (unpaired) electrons. The van der Waals surface area contributed by atoms with Crippen molar-refractivity contribution in [1.82, 2.24) is 4.90 Å². The second-order valence-electron chi connectivity index (χ2n) is 4.94. The van der Waals surface area contributed by atoms with E-state index in [9.17, 15) is 13.2 Å². The third-order valence-corrected chi connectivity index (χ3v) is 5.95. The Hall–Kier alpha value is -0.590. The van der Waals surface area contributed by atoms with Crippen molar-refractivity contribution in [3.63, 3.8) is 0 Å². The van der Waals surface area contributed by atoms with Crippen molar-refractivity contribution >= 4 is 41.6 Å². The molecule has 0 bridgehead atoms. The van der Waals surface area contributed by atoms with E-state index in [1.54, 1.807) is 18.0 Å². The fourth-order valence-corrected chi connectivity index (χ4v) is 4.60. The van der Waals surface area contributed by atoms with Crippen molar-refractivity contribution in [3.8, 4) is 0 Å². The summed E-state index contributed by atoms with van der Waals surface area (Å²) >= 11 is 3.13. The smallest absolute Gasteiger partial charge is 0.262 e. The van der Waals surface area contributed by atoms with E-state index >= 15 is 0 Å². The summed E-state index contributed by atoms with van der Waals surface area (Å²) < 4.78 is 23.3. The maximum atomic E-state index is 12.4. The van der Waals surface area contributed by atoms with E-state index in [0.717, 1.165) is 25.7 Å². The first-order valence-electron chi connectivity index (χ1n) is 6.32. The summed E-state index contributed by atoms with van der Waals surface area (Å²) in [4.78, 5) is 14.0. The summed E-state index contributed by atoms with van der Waals surface area (Å²) in [6.45, 7) is 0. The van der Waals surface area contributed by atoms with Gasteiger partial charge in [0.25, 0.3) is 15.0 Å². The highest BCUT2D eigenvalue weighted by Gasteiger charge is 2.25. The van der Waals surface area contributed by atoms with E-state index in [0.29, 0.717) is 10.0 Å². The zero-order chi connectivity index (χ0) is 14.9. The molecule has 0 atom stereocenters. The molecule has 1 aromatic rings. The summed E-state index contributed by atoms with van der Waals surface area (Å²) in [6, 6.07) is 4.69. The minimum absolute atomic E-state index is 0.0789. The Balaban J connectivity index is 2.31. The van der Waals surface area contributed by atoms with Crippen molar-refractivity contribution in [2.75, 3.05) is 7.05 Å². The summed E-state index contributed by atoms with van der Waals surface area (Å²) in [5, 5.41) is 0. The first-order chi connectivity index (χ1) is 9.30. The zero-order valence-corrected chi connectivity index (χ0v) is 14.1. The first-order valence-corrected chi connectivity index (χ1v) is 9.42. The molecule has 0 unspecified atom stereocenters. The lowest BCUT2D eigenvalue weighted by molar-refractivity contribution is 0.0735. The molecule has 4 nitrogen and oxygen atoms in total. The van der Waals surface area contributed by atoms with Crippen LogP contribution in [0.2, 0.25) is 0 Å². The Morgan fingerprint density at radius 1 is 1.35 bits per heavy atom. The molecule has 7 heteroatoms. The molecule has 0 spiro atoms. The molecule has 1 aromatic carbocycles. The molecule has 0 saturated heterocycles. The van der Waals surface area contributed by atoms with Gasteiger partial charge in [0, 0.05) is 33.8 Å². The third-order valence-electron chi connectivity index (χ3n) is 3.63. The molecule has 0 aliphatic heterocycles. The topological polar surface area (TPSA) is 54.5 Å². The van der Waals surface area contributed by atoms with Gasteiger partial charge in [-0.05, 0) is 47.0 Å². The van der Waals surface area contributed by atoms with Gasteiger partial charge in [-0.2, -0.15) is 0 Å². The van der Waals surface area contributed by atoms with Gasteiger partial charge >= 0.3 is 0 Å². The van der Waals surface area contributed by atoms with Gasteiger partial charge in [0.1, 0.15) is 0 Å². The van der Waals surface area contributed by atoms with Crippen molar-refractivity contribution in [2.45, 2.75) is 36.6 Å². The van der Waals surface area contributed by atoms with E-state index < -0.39 is 9.05 Å². The molecule has 1 aliphatic rings. The van der Waals surface area contributed by atoms with Crippen LogP contribution in [0, 0.1) is 0 Å². The predicted octanol–water partition coefficient (Wildman–Crippen LogP) is 3.39. The van der Waals surface area contributed by atoms with Crippen molar-refractivity contribution in [3.05, 3.63) is 28.2 Å². The van der Waals surface area contributed by atoms with Gasteiger partial charge in [0.15, 0.2) is 0 Å². The lowest BCUT2D eigenvalue weighted by atomic mass is 10.1. The number of rotatable bonds is 3. The number of benzene rings is 1. The van der Waals surface area contributed by atoms with E-state index in [-0.39, 0.29) is 16.8 Å². The Kier molecular flexibility index (Phi) is 4.76. The molecule has 1 saturated carbocycles. The number of carbonyl (C=O) groups is 1. The van der Waals surface area contributed by atoms with Crippen LogP contribution in [-0.2, 0) is 9.05 Å².